The predicted molar refractivity (Wildman–Crippen MR) is 87.2 cm³/mol. The summed E-state index contributed by atoms with van der Waals surface area (Å²) >= 11 is 5.97. The summed E-state index contributed by atoms with van der Waals surface area (Å²) in [6, 6.07) is 17.3. The fourth-order valence-electron chi connectivity index (χ4n) is 2.71. The molecule has 4 heteroatoms. The summed E-state index contributed by atoms with van der Waals surface area (Å²) in [6.45, 7) is 1.81. The summed E-state index contributed by atoms with van der Waals surface area (Å²) in [7, 11) is 0. The van der Waals surface area contributed by atoms with E-state index in [1.165, 1.54) is 5.56 Å². The highest BCUT2D eigenvalue weighted by Crippen LogP contribution is 2.16. The topological polar surface area (TPSA) is 29.5 Å². The average Bonchev–Trinajstić information content (AvgIpc) is 2.55. The number of rotatable bonds is 3. The Morgan fingerprint density at radius 2 is 2.00 bits per heavy atom. The van der Waals surface area contributed by atoms with Gasteiger partial charge in [0.1, 0.15) is 0 Å². The smallest absolute Gasteiger partial charge is 0.254 e. The van der Waals surface area contributed by atoms with Crippen LogP contribution in [0.2, 0.25) is 5.02 Å². The zero-order valence-electron chi connectivity index (χ0n) is 12.2. The van der Waals surface area contributed by atoms with Crippen molar-refractivity contribution in [1.29, 1.82) is 0 Å². The molecular formula is C18H18ClNO2. The highest BCUT2D eigenvalue weighted by Gasteiger charge is 2.25. The maximum atomic E-state index is 12.6. The third kappa shape index (κ3) is 3.67. The van der Waals surface area contributed by atoms with Crippen LogP contribution in [0.5, 0.6) is 0 Å². The first kappa shape index (κ1) is 15.1. The fraction of sp³-hybridized carbons (Fsp3) is 0.278. The number of benzene rings is 2. The maximum absolute atomic E-state index is 12.6. The first-order chi connectivity index (χ1) is 10.7. The summed E-state index contributed by atoms with van der Waals surface area (Å²) in [5.74, 6) is 0.0175. The van der Waals surface area contributed by atoms with E-state index in [-0.39, 0.29) is 12.0 Å². The molecule has 1 unspecified atom stereocenters. The molecule has 1 amide bonds. The lowest BCUT2D eigenvalue weighted by molar-refractivity contribution is -0.0208. The minimum absolute atomic E-state index is 0.0175. The lowest BCUT2D eigenvalue weighted by Gasteiger charge is -2.33. The lowest BCUT2D eigenvalue weighted by Crippen LogP contribution is -2.46. The van der Waals surface area contributed by atoms with Crippen LogP contribution in [0.25, 0.3) is 0 Å². The van der Waals surface area contributed by atoms with Gasteiger partial charge in [-0.05, 0) is 23.8 Å². The molecule has 1 atom stereocenters. The van der Waals surface area contributed by atoms with Gasteiger partial charge in [0.15, 0.2) is 0 Å². The summed E-state index contributed by atoms with van der Waals surface area (Å²) in [5, 5.41) is 0.583. The van der Waals surface area contributed by atoms with E-state index >= 15 is 0 Å². The third-order valence-electron chi connectivity index (χ3n) is 3.80. The van der Waals surface area contributed by atoms with Crippen LogP contribution in [-0.2, 0) is 11.2 Å². The number of hydrogen-bond acceptors (Lipinski definition) is 2. The van der Waals surface area contributed by atoms with Gasteiger partial charge in [0.05, 0.1) is 12.7 Å². The second-order valence-corrected chi connectivity index (χ2v) is 5.88. The van der Waals surface area contributed by atoms with E-state index in [4.69, 9.17) is 16.3 Å². The highest BCUT2D eigenvalue weighted by molar-refractivity contribution is 6.30. The average molecular weight is 316 g/mol. The largest absolute Gasteiger partial charge is 0.374 e. The quantitative estimate of drug-likeness (QED) is 0.868. The van der Waals surface area contributed by atoms with Crippen LogP contribution in [0.4, 0.5) is 0 Å². The Morgan fingerprint density at radius 1 is 1.18 bits per heavy atom. The summed E-state index contributed by atoms with van der Waals surface area (Å²) in [5.41, 5.74) is 1.86. The number of carbonyl (C=O) groups is 1. The molecule has 0 aliphatic carbocycles. The molecule has 0 radical (unpaired) electrons. The summed E-state index contributed by atoms with van der Waals surface area (Å²) < 4.78 is 5.80. The van der Waals surface area contributed by atoms with Gasteiger partial charge >= 0.3 is 0 Å². The molecule has 0 bridgehead atoms. The molecule has 3 nitrogen and oxygen atoms in total. The van der Waals surface area contributed by atoms with Crippen LogP contribution in [0.3, 0.4) is 0 Å². The van der Waals surface area contributed by atoms with E-state index in [0.29, 0.717) is 30.3 Å². The Labute approximate surface area is 135 Å². The normalized spacial score (nSPS) is 18.2. The van der Waals surface area contributed by atoms with Crippen LogP contribution in [0, 0.1) is 0 Å². The standard InChI is InChI=1S/C18H18ClNO2/c19-16-8-4-7-15(12-16)18(21)20-9-10-22-17(13-20)11-14-5-2-1-3-6-14/h1-8,12,17H,9-11,13H2. The molecular weight excluding hydrogens is 298 g/mol. The highest BCUT2D eigenvalue weighted by atomic mass is 35.5. The van der Waals surface area contributed by atoms with Gasteiger partial charge in [0, 0.05) is 30.1 Å². The van der Waals surface area contributed by atoms with Crippen molar-refractivity contribution in [2.45, 2.75) is 12.5 Å². The molecule has 3 rings (SSSR count). The Hall–Kier alpha value is -1.84. The number of amides is 1. The lowest BCUT2D eigenvalue weighted by atomic mass is 10.1. The number of morpholine rings is 1. The van der Waals surface area contributed by atoms with E-state index in [2.05, 4.69) is 12.1 Å². The third-order valence-corrected chi connectivity index (χ3v) is 4.04. The first-order valence-electron chi connectivity index (χ1n) is 7.43. The van der Waals surface area contributed by atoms with Gasteiger partial charge in [0.2, 0.25) is 0 Å². The molecule has 1 saturated heterocycles. The van der Waals surface area contributed by atoms with Gasteiger partial charge in [-0.3, -0.25) is 4.79 Å². The maximum Gasteiger partial charge on any atom is 0.254 e. The van der Waals surface area contributed by atoms with Crippen molar-refractivity contribution < 1.29 is 9.53 Å². The van der Waals surface area contributed by atoms with E-state index in [1.54, 1.807) is 24.3 Å². The molecule has 2 aromatic rings. The van der Waals surface area contributed by atoms with E-state index < -0.39 is 0 Å². The fourth-order valence-corrected chi connectivity index (χ4v) is 2.90. The Morgan fingerprint density at radius 3 is 2.77 bits per heavy atom. The summed E-state index contributed by atoms with van der Waals surface area (Å²) in [4.78, 5) is 14.4. The molecule has 1 aliphatic heterocycles. The summed E-state index contributed by atoms with van der Waals surface area (Å²) in [6.07, 6.45) is 0.861. The first-order valence-corrected chi connectivity index (χ1v) is 7.80. The number of nitrogens with zero attached hydrogens (tertiary/aromatic N) is 1. The van der Waals surface area contributed by atoms with Gasteiger partial charge in [-0.15, -0.1) is 0 Å². The second-order valence-electron chi connectivity index (χ2n) is 5.44. The van der Waals surface area contributed by atoms with Crippen molar-refractivity contribution in [3.63, 3.8) is 0 Å². The molecule has 1 aliphatic rings. The number of carbonyl (C=O) groups excluding carboxylic acids is 1. The monoisotopic (exact) mass is 315 g/mol. The van der Waals surface area contributed by atoms with Crippen LogP contribution in [0.15, 0.2) is 54.6 Å². The van der Waals surface area contributed by atoms with Crippen molar-refractivity contribution in [1.82, 2.24) is 4.90 Å². The zero-order chi connectivity index (χ0) is 15.4. The minimum atomic E-state index is 0.0175. The van der Waals surface area contributed by atoms with E-state index in [1.807, 2.05) is 23.1 Å². The molecule has 0 N–H and O–H groups in total. The van der Waals surface area contributed by atoms with Crippen molar-refractivity contribution in [3.8, 4) is 0 Å². The molecule has 0 aromatic heterocycles. The van der Waals surface area contributed by atoms with Crippen molar-refractivity contribution in [2.24, 2.45) is 0 Å². The van der Waals surface area contributed by atoms with Gasteiger partial charge in [-0.1, -0.05) is 48.0 Å². The Bertz CT molecular complexity index is 645. The van der Waals surface area contributed by atoms with Gasteiger partial charge in [0.25, 0.3) is 5.91 Å². The molecule has 0 spiro atoms. The van der Waals surface area contributed by atoms with Crippen LogP contribution in [-0.4, -0.2) is 36.6 Å². The Kier molecular flexibility index (Phi) is 4.76. The molecule has 2 aromatic carbocycles. The van der Waals surface area contributed by atoms with Crippen LogP contribution in [0.1, 0.15) is 15.9 Å². The van der Waals surface area contributed by atoms with Crippen LogP contribution >= 0.6 is 11.6 Å². The molecule has 114 valence electrons. The Balaban J connectivity index is 1.66. The van der Waals surface area contributed by atoms with Gasteiger partial charge in [-0.25, -0.2) is 0 Å². The van der Waals surface area contributed by atoms with Gasteiger partial charge in [-0.2, -0.15) is 0 Å². The molecule has 22 heavy (non-hydrogen) atoms. The number of hydrogen-bond donors (Lipinski definition) is 0. The second kappa shape index (κ2) is 6.95. The van der Waals surface area contributed by atoms with Gasteiger partial charge < -0.3 is 9.64 Å². The van der Waals surface area contributed by atoms with E-state index in [9.17, 15) is 4.79 Å². The van der Waals surface area contributed by atoms with Crippen molar-refractivity contribution in [3.05, 3.63) is 70.7 Å². The predicted octanol–water partition coefficient (Wildman–Crippen LogP) is 3.42. The number of halogens is 1. The minimum Gasteiger partial charge on any atom is -0.374 e. The molecule has 1 heterocycles. The molecule has 0 saturated carbocycles. The number of ether oxygens (including phenoxy) is 1. The SMILES string of the molecule is O=C(c1cccc(Cl)c1)N1CCOC(Cc2ccccc2)C1. The zero-order valence-corrected chi connectivity index (χ0v) is 13.0. The van der Waals surface area contributed by atoms with E-state index in [0.717, 1.165) is 6.42 Å². The van der Waals surface area contributed by atoms with Crippen molar-refractivity contribution in [2.75, 3.05) is 19.7 Å². The molecule has 1 fully saturated rings. The van der Waals surface area contributed by atoms with Crippen LogP contribution < -0.4 is 0 Å². The van der Waals surface area contributed by atoms with Crippen molar-refractivity contribution >= 4 is 17.5 Å².